The van der Waals surface area contributed by atoms with Crippen molar-refractivity contribution in [1.29, 1.82) is 0 Å². The molecule has 3 heteroatoms. The molecule has 0 rings (SSSR count). The third-order valence-corrected chi connectivity index (χ3v) is 2.88. The number of aliphatic hydroxyl groups excluding tert-OH is 1. The molecular formula is C17H28O3. The first-order chi connectivity index (χ1) is 9.66. The van der Waals surface area contributed by atoms with E-state index in [1.54, 1.807) is 0 Å². The highest BCUT2D eigenvalue weighted by Gasteiger charge is 1.96. The average molecular weight is 280 g/mol. The molecule has 0 heterocycles. The van der Waals surface area contributed by atoms with Crippen LogP contribution in [0.1, 0.15) is 58.3 Å². The Bertz CT molecular complexity index is 316. The van der Waals surface area contributed by atoms with Gasteiger partial charge >= 0.3 is 5.97 Å². The maximum atomic E-state index is 10.3. The van der Waals surface area contributed by atoms with E-state index < -0.39 is 5.97 Å². The highest BCUT2D eigenvalue weighted by Crippen LogP contribution is 2.04. The number of hydrogen-bond acceptors (Lipinski definition) is 2. The van der Waals surface area contributed by atoms with E-state index in [2.05, 4.69) is 6.92 Å². The van der Waals surface area contributed by atoms with Crippen LogP contribution in [0, 0.1) is 0 Å². The van der Waals surface area contributed by atoms with Crippen LogP contribution >= 0.6 is 0 Å². The van der Waals surface area contributed by atoms with Gasteiger partial charge in [0.25, 0.3) is 0 Å². The van der Waals surface area contributed by atoms with Crippen molar-refractivity contribution < 1.29 is 15.0 Å². The van der Waals surface area contributed by atoms with Crippen molar-refractivity contribution in [3.8, 4) is 0 Å². The van der Waals surface area contributed by atoms with E-state index in [4.69, 9.17) is 5.11 Å². The highest BCUT2D eigenvalue weighted by molar-refractivity contribution is 5.66. The van der Waals surface area contributed by atoms with Gasteiger partial charge in [0, 0.05) is 6.42 Å². The molecule has 0 radical (unpaired) electrons. The standard InChI is InChI=1S/C17H28O3/c1-2-3-10-13-16(18)14-11-8-6-4-5-7-9-12-15-17(19)20/h5-8,11,14,16,18H,2-4,9-10,12-13,15H2,1H3,(H,19,20)/b7-5+,8-6+,14-11+/t16-/m0/s1. The molecule has 0 unspecified atom stereocenters. The maximum absolute atomic E-state index is 10.3. The van der Waals surface area contributed by atoms with Crippen LogP contribution in [0.3, 0.4) is 0 Å². The van der Waals surface area contributed by atoms with Gasteiger partial charge in [0.1, 0.15) is 0 Å². The normalized spacial score (nSPS) is 13.7. The first-order valence-electron chi connectivity index (χ1n) is 7.55. The minimum Gasteiger partial charge on any atom is -0.481 e. The fourth-order valence-corrected chi connectivity index (χ4v) is 1.71. The molecule has 0 saturated heterocycles. The molecule has 0 aromatic rings. The van der Waals surface area contributed by atoms with Crippen LogP contribution in [-0.2, 0) is 4.79 Å². The summed E-state index contributed by atoms with van der Waals surface area (Å²) in [6.45, 7) is 2.15. The molecule has 2 N–H and O–H groups in total. The number of unbranched alkanes of at least 4 members (excludes halogenated alkanes) is 3. The summed E-state index contributed by atoms with van der Waals surface area (Å²) in [5.41, 5.74) is 0. The monoisotopic (exact) mass is 280 g/mol. The van der Waals surface area contributed by atoms with E-state index in [0.29, 0.717) is 6.42 Å². The lowest BCUT2D eigenvalue weighted by Gasteiger charge is -2.02. The van der Waals surface area contributed by atoms with Gasteiger partial charge in [-0.15, -0.1) is 0 Å². The van der Waals surface area contributed by atoms with Gasteiger partial charge in [0.05, 0.1) is 6.10 Å². The van der Waals surface area contributed by atoms with Gasteiger partial charge in [-0.05, 0) is 25.7 Å². The van der Waals surface area contributed by atoms with Crippen molar-refractivity contribution in [2.45, 2.75) is 64.4 Å². The van der Waals surface area contributed by atoms with Crippen molar-refractivity contribution in [3.05, 3.63) is 36.5 Å². The molecule has 0 aromatic heterocycles. The van der Waals surface area contributed by atoms with Gasteiger partial charge < -0.3 is 10.2 Å². The van der Waals surface area contributed by atoms with Crippen molar-refractivity contribution in [2.75, 3.05) is 0 Å². The number of aliphatic carboxylic acids is 1. The van der Waals surface area contributed by atoms with Crippen LogP contribution in [0.4, 0.5) is 0 Å². The molecular weight excluding hydrogens is 252 g/mol. The number of allylic oxidation sites excluding steroid dienone is 5. The number of carboxylic acid groups (broad SMARTS) is 1. The van der Waals surface area contributed by atoms with E-state index in [-0.39, 0.29) is 12.5 Å². The maximum Gasteiger partial charge on any atom is 0.303 e. The largest absolute Gasteiger partial charge is 0.481 e. The molecule has 0 spiro atoms. The predicted octanol–water partition coefficient (Wildman–Crippen LogP) is 4.24. The second-order valence-electron chi connectivity index (χ2n) is 4.87. The molecule has 0 aliphatic rings. The summed E-state index contributed by atoms with van der Waals surface area (Å²) < 4.78 is 0. The number of hydrogen-bond donors (Lipinski definition) is 2. The Hall–Kier alpha value is -1.35. The lowest BCUT2D eigenvalue weighted by molar-refractivity contribution is -0.137. The fourth-order valence-electron chi connectivity index (χ4n) is 1.71. The van der Waals surface area contributed by atoms with E-state index in [1.807, 2.05) is 36.5 Å². The third-order valence-electron chi connectivity index (χ3n) is 2.88. The molecule has 0 aromatic carbocycles. The van der Waals surface area contributed by atoms with Crippen molar-refractivity contribution in [1.82, 2.24) is 0 Å². The second kappa shape index (κ2) is 14.1. The Kier molecular flexibility index (Phi) is 13.1. The van der Waals surface area contributed by atoms with Crippen LogP contribution in [0.25, 0.3) is 0 Å². The van der Waals surface area contributed by atoms with Gasteiger partial charge in [-0.3, -0.25) is 4.79 Å². The minimum absolute atomic E-state index is 0.235. The molecule has 0 fully saturated rings. The van der Waals surface area contributed by atoms with Gasteiger partial charge in [-0.2, -0.15) is 0 Å². The van der Waals surface area contributed by atoms with Crippen LogP contribution in [-0.4, -0.2) is 22.3 Å². The highest BCUT2D eigenvalue weighted by atomic mass is 16.4. The quantitative estimate of drug-likeness (QED) is 0.319. The zero-order valence-corrected chi connectivity index (χ0v) is 12.5. The number of carboxylic acids is 1. The van der Waals surface area contributed by atoms with E-state index in [1.165, 1.54) is 12.8 Å². The number of carbonyl (C=O) groups is 1. The number of rotatable bonds is 12. The van der Waals surface area contributed by atoms with Gasteiger partial charge in [-0.25, -0.2) is 0 Å². The SMILES string of the molecule is CCCCC[C@H](O)/C=C/C=C/C/C=C/CCCC(=O)O. The summed E-state index contributed by atoms with van der Waals surface area (Å²) in [6.07, 6.45) is 18.2. The average Bonchev–Trinajstić information content (AvgIpc) is 2.41. The second-order valence-corrected chi connectivity index (χ2v) is 4.87. The topological polar surface area (TPSA) is 57.5 Å². The smallest absolute Gasteiger partial charge is 0.303 e. The molecule has 0 saturated carbocycles. The summed E-state index contributed by atoms with van der Waals surface area (Å²) in [7, 11) is 0. The lowest BCUT2D eigenvalue weighted by atomic mass is 10.1. The minimum atomic E-state index is -0.735. The summed E-state index contributed by atoms with van der Waals surface area (Å²) in [5, 5.41) is 18.1. The molecule has 0 amide bonds. The molecule has 114 valence electrons. The molecule has 20 heavy (non-hydrogen) atoms. The summed E-state index contributed by atoms with van der Waals surface area (Å²) in [5.74, 6) is -0.735. The van der Waals surface area contributed by atoms with Crippen molar-refractivity contribution >= 4 is 5.97 Å². The summed E-state index contributed by atoms with van der Waals surface area (Å²) in [6, 6.07) is 0. The first-order valence-corrected chi connectivity index (χ1v) is 7.55. The predicted molar refractivity (Wildman–Crippen MR) is 83.7 cm³/mol. The molecule has 1 atom stereocenters. The van der Waals surface area contributed by atoms with Crippen molar-refractivity contribution in [2.24, 2.45) is 0 Å². The molecule has 0 aliphatic heterocycles. The van der Waals surface area contributed by atoms with Crippen LogP contribution in [0.5, 0.6) is 0 Å². The van der Waals surface area contributed by atoms with Crippen LogP contribution in [0.15, 0.2) is 36.5 Å². The Balaban J connectivity index is 3.54. The molecule has 0 aliphatic carbocycles. The summed E-state index contributed by atoms with van der Waals surface area (Å²) in [4.78, 5) is 10.3. The Morgan fingerprint density at radius 3 is 2.60 bits per heavy atom. The Morgan fingerprint density at radius 2 is 1.90 bits per heavy atom. The molecule has 0 bridgehead atoms. The third kappa shape index (κ3) is 14.7. The lowest BCUT2D eigenvalue weighted by Crippen LogP contribution is -2.00. The van der Waals surface area contributed by atoms with Gasteiger partial charge in [0.15, 0.2) is 0 Å². The zero-order valence-electron chi connectivity index (χ0n) is 12.5. The summed E-state index contributed by atoms with van der Waals surface area (Å²) >= 11 is 0. The molecule has 3 nitrogen and oxygen atoms in total. The van der Waals surface area contributed by atoms with Gasteiger partial charge in [0.2, 0.25) is 0 Å². The van der Waals surface area contributed by atoms with E-state index in [9.17, 15) is 9.90 Å². The van der Waals surface area contributed by atoms with E-state index >= 15 is 0 Å². The van der Waals surface area contributed by atoms with Crippen molar-refractivity contribution in [3.63, 3.8) is 0 Å². The van der Waals surface area contributed by atoms with E-state index in [0.717, 1.165) is 25.7 Å². The fraction of sp³-hybridized carbons (Fsp3) is 0.588. The Labute approximate surface area is 122 Å². The first kappa shape index (κ1) is 18.7. The Morgan fingerprint density at radius 1 is 1.10 bits per heavy atom. The zero-order chi connectivity index (χ0) is 15.1. The number of aliphatic hydroxyl groups is 1. The van der Waals surface area contributed by atoms with Crippen LogP contribution < -0.4 is 0 Å². The van der Waals surface area contributed by atoms with Gasteiger partial charge in [-0.1, -0.05) is 62.6 Å². The van der Waals surface area contributed by atoms with Crippen LogP contribution in [0.2, 0.25) is 0 Å².